The Kier molecular flexibility index (Phi) is 6.14. The zero-order valence-electron chi connectivity index (χ0n) is 16.3. The molecule has 0 aliphatic carbocycles. The van der Waals surface area contributed by atoms with Gasteiger partial charge in [0.05, 0.1) is 12.6 Å². The Labute approximate surface area is 168 Å². The van der Waals surface area contributed by atoms with Crippen molar-refractivity contribution in [3.8, 4) is 11.5 Å². The molecule has 29 heavy (non-hydrogen) atoms. The molecule has 0 aliphatic heterocycles. The van der Waals surface area contributed by atoms with Crippen LogP contribution in [0.15, 0.2) is 72.1 Å². The Hall–Kier alpha value is -3.80. The van der Waals surface area contributed by atoms with Gasteiger partial charge >= 0.3 is 0 Å². The number of nitrogens with zero attached hydrogens (tertiary/aromatic N) is 1. The van der Waals surface area contributed by atoms with Crippen LogP contribution in [0.5, 0.6) is 11.5 Å². The number of aryl methyl sites for hydroxylation is 1. The van der Waals surface area contributed by atoms with Crippen molar-refractivity contribution in [1.82, 2.24) is 4.57 Å². The van der Waals surface area contributed by atoms with Crippen LogP contribution in [0.25, 0.3) is 17.0 Å². The summed E-state index contributed by atoms with van der Waals surface area (Å²) in [7, 11) is 3.13. The lowest BCUT2D eigenvalue weighted by molar-refractivity contribution is -0.111. The highest BCUT2D eigenvalue weighted by molar-refractivity contribution is 6.03. The third-order valence-electron chi connectivity index (χ3n) is 4.35. The second-order valence-corrected chi connectivity index (χ2v) is 6.29. The Morgan fingerprint density at radius 2 is 1.93 bits per heavy atom. The number of methoxy groups -OCH3 is 1. The van der Waals surface area contributed by atoms with E-state index in [1.807, 2.05) is 30.3 Å². The number of benzene rings is 2. The predicted molar refractivity (Wildman–Crippen MR) is 116 cm³/mol. The molecular formula is C23H22N2O4. The normalized spacial score (nSPS) is 10.8. The van der Waals surface area contributed by atoms with E-state index in [0.717, 1.165) is 5.56 Å². The maximum atomic E-state index is 12.7. The number of nitrogens with one attached hydrogen (secondary N) is 1. The molecule has 6 heteroatoms. The molecule has 0 bridgehead atoms. The number of fused-ring (bicyclic) bond motifs is 1. The molecule has 2 aromatic carbocycles. The van der Waals surface area contributed by atoms with Crippen LogP contribution in [-0.2, 0) is 11.8 Å². The van der Waals surface area contributed by atoms with Crippen molar-refractivity contribution in [2.45, 2.75) is 0 Å². The summed E-state index contributed by atoms with van der Waals surface area (Å²) < 4.78 is 12.4. The standard InChI is InChI=1S/C23H22N2O4/c1-4-14-29-22-21(28-3)18-12-11-17(15-19(18)25(2)23(22)27)24-20(26)13-10-16-8-6-5-7-9-16/h4-13,15H,1,14H2,2-3H3,(H,24,26). The van der Waals surface area contributed by atoms with Gasteiger partial charge in [-0.2, -0.15) is 0 Å². The summed E-state index contributed by atoms with van der Waals surface area (Å²) in [6.45, 7) is 3.79. The van der Waals surface area contributed by atoms with Crippen molar-refractivity contribution in [3.05, 3.63) is 83.2 Å². The van der Waals surface area contributed by atoms with Crippen molar-refractivity contribution in [1.29, 1.82) is 0 Å². The van der Waals surface area contributed by atoms with Gasteiger partial charge < -0.3 is 19.4 Å². The van der Waals surface area contributed by atoms with Gasteiger partial charge in [-0.1, -0.05) is 43.0 Å². The minimum Gasteiger partial charge on any atom is -0.492 e. The third kappa shape index (κ3) is 4.38. The van der Waals surface area contributed by atoms with E-state index in [4.69, 9.17) is 9.47 Å². The molecule has 0 saturated heterocycles. The van der Waals surface area contributed by atoms with Gasteiger partial charge in [-0.25, -0.2) is 0 Å². The van der Waals surface area contributed by atoms with E-state index in [1.165, 1.54) is 17.8 Å². The lowest BCUT2D eigenvalue weighted by Gasteiger charge is -2.15. The van der Waals surface area contributed by atoms with Crippen molar-refractivity contribution in [2.24, 2.45) is 7.05 Å². The van der Waals surface area contributed by atoms with Gasteiger partial charge in [0.2, 0.25) is 11.7 Å². The predicted octanol–water partition coefficient (Wildman–Crippen LogP) is 3.76. The lowest BCUT2D eigenvalue weighted by atomic mass is 10.1. The minimum atomic E-state index is -0.330. The highest BCUT2D eigenvalue weighted by atomic mass is 16.5. The average Bonchev–Trinajstić information content (AvgIpc) is 2.74. The summed E-state index contributed by atoms with van der Waals surface area (Å²) in [6, 6.07) is 14.8. The third-order valence-corrected chi connectivity index (χ3v) is 4.35. The van der Waals surface area contributed by atoms with E-state index < -0.39 is 0 Å². The molecule has 1 aromatic heterocycles. The average molecular weight is 390 g/mol. The first-order valence-corrected chi connectivity index (χ1v) is 9.03. The molecule has 3 aromatic rings. The number of carbonyl (C=O) groups is 1. The molecule has 0 atom stereocenters. The van der Waals surface area contributed by atoms with Crippen LogP contribution in [0.1, 0.15) is 5.56 Å². The Morgan fingerprint density at radius 1 is 1.17 bits per heavy atom. The van der Waals surface area contributed by atoms with Crippen LogP contribution in [0.2, 0.25) is 0 Å². The summed E-state index contributed by atoms with van der Waals surface area (Å²) in [5.74, 6) is 0.216. The summed E-state index contributed by atoms with van der Waals surface area (Å²) in [4.78, 5) is 24.9. The van der Waals surface area contributed by atoms with Crippen molar-refractivity contribution < 1.29 is 14.3 Å². The highest BCUT2D eigenvalue weighted by Gasteiger charge is 2.17. The van der Waals surface area contributed by atoms with Gasteiger partial charge in [-0.05, 0) is 29.8 Å². The fraction of sp³-hybridized carbons (Fsp3) is 0.130. The molecule has 3 rings (SSSR count). The van der Waals surface area contributed by atoms with Crippen LogP contribution in [0.3, 0.4) is 0 Å². The molecule has 0 saturated carbocycles. The number of anilines is 1. The van der Waals surface area contributed by atoms with E-state index in [9.17, 15) is 9.59 Å². The topological polar surface area (TPSA) is 69.6 Å². The maximum absolute atomic E-state index is 12.7. The Balaban J connectivity index is 1.92. The summed E-state index contributed by atoms with van der Waals surface area (Å²) in [6.07, 6.45) is 4.76. The molecule has 0 radical (unpaired) electrons. The van der Waals surface area contributed by atoms with Gasteiger partial charge in [0, 0.05) is 24.2 Å². The Morgan fingerprint density at radius 3 is 2.62 bits per heavy atom. The van der Waals surface area contributed by atoms with Crippen LogP contribution >= 0.6 is 0 Å². The SMILES string of the molecule is C=CCOc1c(OC)c2ccc(NC(=O)C=Cc3ccccc3)cc2n(C)c1=O. The van der Waals surface area contributed by atoms with Gasteiger partial charge in [0.1, 0.15) is 6.61 Å². The molecular weight excluding hydrogens is 368 g/mol. The number of aromatic nitrogens is 1. The first kappa shape index (κ1) is 19.9. The first-order chi connectivity index (χ1) is 14.0. The molecule has 0 fully saturated rings. The number of hydrogen-bond acceptors (Lipinski definition) is 4. The monoisotopic (exact) mass is 390 g/mol. The molecule has 1 amide bonds. The minimum absolute atomic E-state index is 0.130. The second-order valence-electron chi connectivity index (χ2n) is 6.29. The summed E-state index contributed by atoms with van der Waals surface area (Å²) in [5, 5.41) is 3.51. The van der Waals surface area contributed by atoms with Crippen LogP contribution in [0.4, 0.5) is 5.69 Å². The van der Waals surface area contributed by atoms with Crippen LogP contribution < -0.4 is 20.3 Å². The van der Waals surface area contributed by atoms with E-state index >= 15 is 0 Å². The van der Waals surface area contributed by atoms with Gasteiger partial charge in [-0.15, -0.1) is 0 Å². The smallest absolute Gasteiger partial charge is 0.297 e. The summed E-state index contributed by atoms with van der Waals surface area (Å²) >= 11 is 0. The van der Waals surface area contributed by atoms with Crippen molar-refractivity contribution in [3.63, 3.8) is 0 Å². The number of ether oxygens (including phenoxy) is 2. The van der Waals surface area contributed by atoms with Gasteiger partial charge in [-0.3, -0.25) is 9.59 Å². The molecule has 0 aliphatic rings. The molecule has 1 N–H and O–H groups in total. The van der Waals surface area contributed by atoms with E-state index in [2.05, 4.69) is 11.9 Å². The molecule has 0 spiro atoms. The van der Waals surface area contributed by atoms with E-state index in [0.29, 0.717) is 22.3 Å². The first-order valence-electron chi connectivity index (χ1n) is 9.03. The summed E-state index contributed by atoms with van der Waals surface area (Å²) in [5.41, 5.74) is 1.78. The van der Waals surface area contributed by atoms with Gasteiger partial charge in [0.15, 0.2) is 5.75 Å². The number of rotatable bonds is 7. The number of hydrogen-bond donors (Lipinski definition) is 1. The lowest BCUT2D eigenvalue weighted by Crippen LogP contribution is -2.21. The molecule has 148 valence electrons. The van der Waals surface area contributed by atoms with E-state index in [-0.39, 0.29) is 23.8 Å². The Bertz CT molecular complexity index is 1130. The van der Waals surface area contributed by atoms with Crippen LogP contribution in [0, 0.1) is 0 Å². The number of carbonyl (C=O) groups excluding carboxylic acids is 1. The zero-order chi connectivity index (χ0) is 20.8. The molecule has 6 nitrogen and oxygen atoms in total. The van der Waals surface area contributed by atoms with Gasteiger partial charge in [0.25, 0.3) is 5.56 Å². The zero-order valence-corrected chi connectivity index (χ0v) is 16.3. The fourth-order valence-electron chi connectivity index (χ4n) is 2.95. The number of pyridine rings is 1. The van der Waals surface area contributed by atoms with Crippen LogP contribution in [-0.4, -0.2) is 24.2 Å². The molecule has 0 unspecified atom stereocenters. The van der Waals surface area contributed by atoms with Crippen molar-refractivity contribution >= 4 is 28.6 Å². The fourth-order valence-corrected chi connectivity index (χ4v) is 2.95. The largest absolute Gasteiger partial charge is 0.492 e. The molecule has 1 heterocycles. The van der Waals surface area contributed by atoms with Crippen molar-refractivity contribution in [2.75, 3.05) is 19.0 Å². The number of amides is 1. The second kappa shape index (κ2) is 8.93. The highest BCUT2D eigenvalue weighted by Crippen LogP contribution is 2.33. The van der Waals surface area contributed by atoms with E-state index in [1.54, 1.807) is 37.4 Å². The maximum Gasteiger partial charge on any atom is 0.297 e. The quantitative estimate of drug-likeness (QED) is 0.493.